The first-order valence-electron chi connectivity index (χ1n) is 6.04. The van der Waals surface area contributed by atoms with E-state index in [9.17, 15) is 14.3 Å². The van der Waals surface area contributed by atoms with Gasteiger partial charge in [0.05, 0.1) is 11.2 Å². The number of nitrogens with one attached hydrogen (secondary N) is 1. The van der Waals surface area contributed by atoms with Crippen LogP contribution in [0.5, 0.6) is 0 Å². The maximum atomic E-state index is 13.6. The Balaban J connectivity index is 1.97. The zero-order chi connectivity index (χ0) is 13.9. The van der Waals surface area contributed by atoms with Crippen LogP contribution < -0.4 is 5.32 Å². The molecule has 1 aromatic carbocycles. The van der Waals surface area contributed by atoms with Gasteiger partial charge in [0.25, 0.3) is 5.91 Å². The second kappa shape index (κ2) is 6.11. The first-order valence-corrected chi connectivity index (χ1v) is 7.57. The molecule has 1 aromatic rings. The first-order chi connectivity index (χ1) is 9.00. The quantitative estimate of drug-likeness (QED) is 0.902. The summed E-state index contributed by atoms with van der Waals surface area (Å²) in [5, 5.41) is 13.1. The Morgan fingerprint density at radius 1 is 1.47 bits per heavy atom. The van der Waals surface area contributed by atoms with E-state index in [0.717, 1.165) is 17.6 Å². The zero-order valence-corrected chi connectivity index (χ0v) is 11.9. The molecule has 2 rings (SSSR count). The van der Waals surface area contributed by atoms with Gasteiger partial charge in [-0.15, -0.1) is 0 Å². The van der Waals surface area contributed by atoms with Crippen molar-refractivity contribution in [3.8, 4) is 0 Å². The molecule has 0 unspecified atom stereocenters. The lowest BCUT2D eigenvalue weighted by molar-refractivity contribution is 0.0310. The fourth-order valence-electron chi connectivity index (χ4n) is 1.94. The van der Waals surface area contributed by atoms with Gasteiger partial charge in [0.15, 0.2) is 0 Å². The fourth-order valence-corrected chi connectivity index (χ4v) is 3.35. The van der Waals surface area contributed by atoms with E-state index >= 15 is 0 Å². The van der Waals surface area contributed by atoms with Gasteiger partial charge in [-0.3, -0.25) is 4.79 Å². The number of hydrogen-bond donors (Lipinski definition) is 2. The molecule has 0 aromatic heterocycles. The van der Waals surface area contributed by atoms with Gasteiger partial charge in [-0.05, 0) is 42.5 Å². The van der Waals surface area contributed by atoms with Crippen molar-refractivity contribution in [2.24, 2.45) is 0 Å². The molecule has 2 N–H and O–H groups in total. The second-order valence-electron chi connectivity index (χ2n) is 4.64. The summed E-state index contributed by atoms with van der Waals surface area (Å²) < 4.78 is 13.6. The smallest absolute Gasteiger partial charge is 0.254 e. The topological polar surface area (TPSA) is 49.3 Å². The van der Waals surface area contributed by atoms with Gasteiger partial charge < -0.3 is 10.4 Å². The van der Waals surface area contributed by atoms with Gasteiger partial charge in [-0.1, -0.05) is 11.6 Å². The molecular weight excluding hydrogens is 289 g/mol. The highest BCUT2D eigenvalue weighted by molar-refractivity contribution is 7.99. The van der Waals surface area contributed by atoms with Crippen LogP contribution in [0.2, 0.25) is 5.02 Å². The summed E-state index contributed by atoms with van der Waals surface area (Å²) in [5.74, 6) is 0.570. The zero-order valence-electron chi connectivity index (χ0n) is 10.3. The molecule has 1 amide bonds. The maximum absolute atomic E-state index is 13.6. The fraction of sp³-hybridized carbons (Fsp3) is 0.462. The Hall–Kier alpha value is -0.780. The van der Waals surface area contributed by atoms with Gasteiger partial charge in [0.2, 0.25) is 0 Å². The summed E-state index contributed by atoms with van der Waals surface area (Å²) in [6, 6.07) is 3.90. The number of thioether (sulfide) groups is 1. The van der Waals surface area contributed by atoms with Gasteiger partial charge in [-0.25, -0.2) is 4.39 Å². The molecule has 0 aliphatic carbocycles. The molecule has 19 heavy (non-hydrogen) atoms. The van der Waals surface area contributed by atoms with Crippen LogP contribution >= 0.6 is 23.4 Å². The van der Waals surface area contributed by atoms with Gasteiger partial charge in [0.1, 0.15) is 5.82 Å². The van der Waals surface area contributed by atoms with Crippen molar-refractivity contribution in [3.05, 3.63) is 34.6 Å². The minimum atomic E-state index is -0.871. The Bertz CT molecular complexity index is 478. The van der Waals surface area contributed by atoms with Crippen molar-refractivity contribution in [3.63, 3.8) is 0 Å². The van der Waals surface area contributed by atoms with Crippen molar-refractivity contribution in [1.82, 2.24) is 5.32 Å². The summed E-state index contributed by atoms with van der Waals surface area (Å²) in [6.45, 7) is 0.147. The average molecular weight is 304 g/mol. The Labute approximate surface area is 120 Å². The van der Waals surface area contributed by atoms with Crippen LogP contribution in [0.4, 0.5) is 4.39 Å². The van der Waals surface area contributed by atoms with Crippen LogP contribution in [0, 0.1) is 5.82 Å². The van der Waals surface area contributed by atoms with Crippen LogP contribution in [0.1, 0.15) is 23.2 Å². The third-order valence-corrected chi connectivity index (χ3v) is 4.40. The third-order valence-electron chi connectivity index (χ3n) is 3.18. The average Bonchev–Trinajstić information content (AvgIpc) is 2.37. The largest absolute Gasteiger partial charge is 0.388 e. The molecule has 1 aliphatic heterocycles. The molecule has 3 nitrogen and oxygen atoms in total. The number of halogens is 2. The number of carbonyl (C=O) groups is 1. The molecule has 0 spiro atoms. The van der Waals surface area contributed by atoms with Gasteiger partial charge in [0, 0.05) is 11.6 Å². The van der Waals surface area contributed by atoms with E-state index in [1.54, 1.807) is 11.8 Å². The maximum Gasteiger partial charge on any atom is 0.254 e. The Morgan fingerprint density at radius 3 is 2.79 bits per heavy atom. The Kier molecular flexibility index (Phi) is 4.71. The van der Waals surface area contributed by atoms with E-state index in [-0.39, 0.29) is 17.1 Å². The molecule has 0 radical (unpaired) electrons. The van der Waals surface area contributed by atoms with Crippen molar-refractivity contribution in [2.75, 3.05) is 18.1 Å². The van der Waals surface area contributed by atoms with Crippen LogP contribution in [0.3, 0.4) is 0 Å². The minimum Gasteiger partial charge on any atom is -0.388 e. The summed E-state index contributed by atoms with van der Waals surface area (Å²) in [6.07, 6.45) is 1.28. The Morgan fingerprint density at radius 2 is 2.16 bits per heavy atom. The summed E-state index contributed by atoms with van der Waals surface area (Å²) in [7, 11) is 0. The van der Waals surface area contributed by atoms with E-state index in [4.69, 9.17) is 11.6 Å². The van der Waals surface area contributed by atoms with E-state index < -0.39 is 17.3 Å². The minimum absolute atomic E-state index is 0.0572. The lowest BCUT2D eigenvalue weighted by atomic mass is 9.97. The van der Waals surface area contributed by atoms with E-state index in [1.165, 1.54) is 12.1 Å². The normalized spacial score (nSPS) is 18.1. The van der Waals surface area contributed by atoms with Gasteiger partial charge in [-0.2, -0.15) is 11.8 Å². The van der Waals surface area contributed by atoms with Crippen LogP contribution in [-0.4, -0.2) is 34.7 Å². The molecule has 6 heteroatoms. The SMILES string of the molecule is O=C(NCC1(O)CCSCC1)c1ccc(Cl)cc1F. The van der Waals surface area contributed by atoms with Crippen molar-refractivity contribution >= 4 is 29.3 Å². The highest BCUT2D eigenvalue weighted by atomic mass is 35.5. The predicted molar refractivity (Wildman–Crippen MR) is 75.3 cm³/mol. The lowest BCUT2D eigenvalue weighted by Gasteiger charge is -2.31. The number of benzene rings is 1. The van der Waals surface area contributed by atoms with Crippen LogP contribution in [-0.2, 0) is 0 Å². The van der Waals surface area contributed by atoms with E-state index in [0.29, 0.717) is 12.8 Å². The van der Waals surface area contributed by atoms with Crippen molar-refractivity contribution in [2.45, 2.75) is 18.4 Å². The first kappa shape index (κ1) is 14.6. The van der Waals surface area contributed by atoms with E-state index in [1.807, 2.05) is 0 Å². The molecule has 1 fully saturated rings. The molecular formula is C13H15ClFNO2S. The van der Waals surface area contributed by atoms with Crippen LogP contribution in [0.15, 0.2) is 18.2 Å². The third kappa shape index (κ3) is 3.84. The number of carbonyl (C=O) groups excluding carboxylic acids is 1. The van der Waals surface area contributed by atoms with Crippen molar-refractivity contribution < 1.29 is 14.3 Å². The van der Waals surface area contributed by atoms with Crippen LogP contribution in [0.25, 0.3) is 0 Å². The number of hydrogen-bond acceptors (Lipinski definition) is 3. The number of amides is 1. The predicted octanol–water partition coefficient (Wildman–Crippen LogP) is 2.47. The molecule has 0 atom stereocenters. The van der Waals surface area contributed by atoms with Gasteiger partial charge >= 0.3 is 0 Å². The lowest BCUT2D eigenvalue weighted by Crippen LogP contribution is -2.45. The summed E-state index contributed by atoms with van der Waals surface area (Å²) in [4.78, 5) is 11.9. The molecule has 0 bridgehead atoms. The standard InChI is InChI=1S/C13H15ClFNO2S/c14-9-1-2-10(11(15)7-9)12(17)16-8-13(18)3-5-19-6-4-13/h1-2,7,18H,3-6,8H2,(H,16,17). The molecule has 1 heterocycles. The summed E-state index contributed by atoms with van der Waals surface area (Å²) >= 11 is 7.41. The highest BCUT2D eigenvalue weighted by Gasteiger charge is 2.30. The molecule has 1 aliphatic rings. The number of aliphatic hydroxyl groups is 1. The van der Waals surface area contributed by atoms with Crippen molar-refractivity contribution in [1.29, 1.82) is 0 Å². The molecule has 104 valence electrons. The number of rotatable bonds is 3. The molecule has 1 saturated heterocycles. The highest BCUT2D eigenvalue weighted by Crippen LogP contribution is 2.26. The monoisotopic (exact) mass is 303 g/mol. The molecule has 0 saturated carbocycles. The second-order valence-corrected chi connectivity index (χ2v) is 6.30. The van der Waals surface area contributed by atoms with E-state index in [2.05, 4.69) is 5.32 Å². The summed E-state index contributed by atoms with van der Waals surface area (Å²) in [5.41, 5.74) is -0.928.